The average molecular weight is 390 g/mol. The molecule has 0 fully saturated rings. The van der Waals surface area contributed by atoms with E-state index in [4.69, 9.17) is 10.5 Å². The van der Waals surface area contributed by atoms with Crippen molar-refractivity contribution in [2.24, 2.45) is 5.73 Å². The van der Waals surface area contributed by atoms with Crippen LogP contribution in [-0.2, 0) is 20.9 Å². The molecular weight excluding hydrogens is 366 g/mol. The van der Waals surface area contributed by atoms with Crippen LogP contribution in [0.2, 0.25) is 0 Å². The third-order valence-corrected chi connectivity index (χ3v) is 5.51. The maximum absolute atomic E-state index is 11.9. The smallest absolute Gasteiger partial charge is 0.328 e. The molecule has 0 aliphatic heterocycles. The molecule has 0 saturated heterocycles. The number of hydrogen-bond acceptors (Lipinski definition) is 4. The molecule has 0 radical (unpaired) electrons. The van der Waals surface area contributed by atoms with Crippen LogP contribution >= 0.6 is 17.2 Å². The van der Waals surface area contributed by atoms with Crippen LogP contribution in [0, 0.1) is 0 Å². The molecule has 7 heteroatoms. The van der Waals surface area contributed by atoms with Crippen molar-refractivity contribution in [2.45, 2.75) is 32.5 Å². The molecule has 2 aromatic rings. The number of carbonyl (C=O) groups excluding carboxylic acids is 2. The van der Waals surface area contributed by atoms with E-state index in [-0.39, 0.29) is 12.5 Å². The first-order valence-electron chi connectivity index (χ1n) is 8.29. The van der Waals surface area contributed by atoms with Crippen molar-refractivity contribution in [3.8, 4) is 11.1 Å². The van der Waals surface area contributed by atoms with E-state index in [9.17, 15) is 9.59 Å². The highest BCUT2D eigenvalue weighted by molar-refractivity contribution is 8.06. The van der Waals surface area contributed by atoms with Gasteiger partial charge in [0.1, 0.15) is 12.6 Å². The van der Waals surface area contributed by atoms with Crippen LogP contribution < -0.4 is 16.4 Å². The lowest BCUT2D eigenvalue weighted by atomic mass is 10.0. The second-order valence-corrected chi connectivity index (χ2v) is 7.78. The van der Waals surface area contributed by atoms with E-state index in [1.807, 2.05) is 24.3 Å². The van der Waals surface area contributed by atoms with Gasteiger partial charge in [-0.1, -0.05) is 56.8 Å². The highest BCUT2D eigenvalue weighted by atomic mass is 32.0. The molecule has 26 heavy (non-hydrogen) atoms. The molecule has 0 saturated carbocycles. The summed E-state index contributed by atoms with van der Waals surface area (Å²) in [5, 5.41) is 3.81. The monoisotopic (exact) mass is 390 g/mol. The van der Waals surface area contributed by atoms with Crippen LogP contribution in [-0.4, -0.2) is 24.0 Å². The van der Waals surface area contributed by atoms with Crippen LogP contribution in [0.4, 0.5) is 0 Å². The van der Waals surface area contributed by atoms with Gasteiger partial charge >= 0.3 is 5.97 Å². The second-order valence-electron chi connectivity index (χ2n) is 6.05. The molecule has 4 atom stereocenters. The molecule has 0 aliphatic carbocycles. The molecule has 2 aromatic carbocycles. The van der Waals surface area contributed by atoms with Crippen molar-refractivity contribution in [3.63, 3.8) is 0 Å². The van der Waals surface area contributed by atoms with Gasteiger partial charge in [-0.3, -0.25) is 4.79 Å². The average Bonchev–Trinajstić information content (AvgIpc) is 2.66. The van der Waals surface area contributed by atoms with E-state index >= 15 is 0 Å². The lowest BCUT2D eigenvalue weighted by molar-refractivity contribution is -0.148. The third-order valence-electron chi connectivity index (χ3n) is 3.85. The molecule has 0 aromatic heterocycles. The molecule has 4 unspecified atom stereocenters. The Kier molecular flexibility index (Phi) is 7.71. The normalized spacial score (nSPS) is 13.4. The van der Waals surface area contributed by atoms with Gasteiger partial charge in [-0.25, -0.2) is 4.79 Å². The fourth-order valence-electron chi connectivity index (χ4n) is 2.24. The van der Waals surface area contributed by atoms with Gasteiger partial charge in [0.25, 0.3) is 0 Å². The fourth-order valence-corrected chi connectivity index (χ4v) is 3.17. The SMILES string of the molecule is CC(N)C(=O)NC(C)C(=O)OCc1ccc(-c2ccc(PP)cc2)cc1. The summed E-state index contributed by atoms with van der Waals surface area (Å²) in [5.74, 6) is -0.871. The predicted octanol–water partition coefficient (Wildman–Crippen LogP) is 2.34. The Balaban J connectivity index is 1.90. The van der Waals surface area contributed by atoms with Gasteiger partial charge < -0.3 is 15.8 Å². The Morgan fingerprint density at radius 1 is 1.08 bits per heavy atom. The number of ether oxygens (including phenoxy) is 1. The summed E-state index contributed by atoms with van der Waals surface area (Å²) in [6.45, 7) is 3.29. The Morgan fingerprint density at radius 3 is 2.12 bits per heavy atom. The molecule has 0 heterocycles. The maximum Gasteiger partial charge on any atom is 0.328 e. The molecule has 0 aliphatic rings. The molecular formula is C19H24N2O3P2. The van der Waals surface area contributed by atoms with E-state index in [1.165, 1.54) is 5.30 Å². The zero-order chi connectivity index (χ0) is 19.1. The number of rotatable bonds is 7. The van der Waals surface area contributed by atoms with Crippen LogP contribution in [0.5, 0.6) is 0 Å². The summed E-state index contributed by atoms with van der Waals surface area (Å²) < 4.78 is 5.25. The van der Waals surface area contributed by atoms with E-state index in [0.717, 1.165) is 16.7 Å². The number of hydrogen-bond donors (Lipinski definition) is 2. The van der Waals surface area contributed by atoms with Gasteiger partial charge in [-0.2, -0.15) is 0 Å². The Bertz CT molecular complexity index is 746. The lowest BCUT2D eigenvalue weighted by Crippen LogP contribution is -2.46. The van der Waals surface area contributed by atoms with Crippen molar-refractivity contribution in [1.29, 1.82) is 0 Å². The maximum atomic E-state index is 11.9. The van der Waals surface area contributed by atoms with Crippen molar-refractivity contribution in [1.82, 2.24) is 5.32 Å². The number of nitrogens with one attached hydrogen (secondary N) is 1. The van der Waals surface area contributed by atoms with Crippen molar-refractivity contribution >= 4 is 34.4 Å². The van der Waals surface area contributed by atoms with Gasteiger partial charge in [-0.05, 0) is 35.8 Å². The van der Waals surface area contributed by atoms with Crippen LogP contribution in [0.15, 0.2) is 48.5 Å². The molecule has 1 amide bonds. The second kappa shape index (κ2) is 9.78. The van der Waals surface area contributed by atoms with Crippen molar-refractivity contribution in [2.75, 3.05) is 0 Å². The van der Waals surface area contributed by atoms with Crippen LogP contribution in [0.3, 0.4) is 0 Å². The quantitative estimate of drug-likeness (QED) is 0.562. The summed E-state index contributed by atoms with van der Waals surface area (Å²) in [5.41, 5.74) is 8.60. The number of esters is 1. The fraction of sp³-hybridized carbons (Fsp3) is 0.263. The minimum atomic E-state index is -0.733. The van der Waals surface area contributed by atoms with E-state index in [1.54, 1.807) is 13.8 Å². The van der Waals surface area contributed by atoms with Gasteiger partial charge in [0.05, 0.1) is 6.04 Å². The first kappa shape index (κ1) is 20.5. The van der Waals surface area contributed by atoms with Gasteiger partial charge in [-0.15, -0.1) is 8.93 Å². The molecule has 0 spiro atoms. The molecule has 3 N–H and O–H groups in total. The first-order chi connectivity index (χ1) is 12.4. The van der Waals surface area contributed by atoms with Gasteiger partial charge in [0.15, 0.2) is 0 Å². The molecule has 138 valence electrons. The number of benzene rings is 2. The molecule has 5 nitrogen and oxygen atoms in total. The zero-order valence-electron chi connectivity index (χ0n) is 14.9. The van der Waals surface area contributed by atoms with Gasteiger partial charge in [0, 0.05) is 0 Å². The highest BCUT2D eigenvalue weighted by Gasteiger charge is 2.18. The third kappa shape index (κ3) is 5.88. The number of amides is 1. The first-order valence-corrected chi connectivity index (χ1v) is 11.1. The summed E-state index contributed by atoms with van der Waals surface area (Å²) in [7, 11) is 3.45. The largest absolute Gasteiger partial charge is 0.459 e. The number of carbonyl (C=O) groups is 2. The highest BCUT2D eigenvalue weighted by Crippen LogP contribution is 2.23. The summed E-state index contributed by atoms with van der Waals surface area (Å²) >= 11 is 0. The molecule has 0 bridgehead atoms. The standard InChI is InChI=1S/C19H24N2O3P2/c1-12(20)18(22)21-13(2)19(23)24-11-14-3-5-15(6-4-14)16-7-9-17(26-25)10-8-16/h3-10,12-13,26H,11,20,25H2,1-2H3,(H,21,22). The van der Waals surface area contributed by atoms with Gasteiger partial charge in [0.2, 0.25) is 5.91 Å². The Morgan fingerprint density at radius 2 is 1.62 bits per heavy atom. The van der Waals surface area contributed by atoms with Crippen molar-refractivity contribution < 1.29 is 14.3 Å². The Labute approximate surface area is 158 Å². The number of nitrogens with two attached hydrogens (primary N) is 1. The van der Waals surface area contributed by atoms with Crippen LogP contribution in [0.25, 0.3) is 11.1 Å². The van der Waals surface area contributed by atoms with E-state index in [2.05, 4.69) is 38.5 Å². The summed E-state index contributed by atoms with van der Waals surface area (Å²) in [6.07, 6.45) is 0. The lowest BCUT2D eigenvalue weighted by Gasteiger charge is -2.15. The topological polar surface area (TPSA) is 81.4 Å². The van der Waals surface area contributed by atoms with E-state index in [0.29, 0.717) is 8.27 Å². The minimum absolute atomic E-state index is 0.157. The minimum Gasteiger partial charge on any atom is -0.459 e. The predicted molar refractivity (Wildman–Crippen MR) is 111 cm³/mol. The van der Waals surface area contributed by atoms with E-state index < -0.39 is 18.1 Å². The molecule has 2 rings (SSSR count). The summed E-state index contributed by atoms with van der Waals surface area (Å²) in [4.78, 5) is 23.4. The zero-order valence-corrected chi connectivity index (χ0v) is 17.0. The van der Waals surface area contributed by atoms with Crippen molar-refractivity contribution in [3.05, 3.63) is 54.1 Å². The summed E-state index contributed by atoms with van der Waals surface area (Å²) in [6, 6.07) is 14.9. The van der Waals surface area contributed by atoms with Crippen LogP contribution in [0.1, 0.15) is 19.4 Å². The Hall–Kier alpha value is -1.80.